The molecule has 0 radical (unpaired) electrons. The molecule has 5 nitrogen and oxygen atoms in total. The summed E-state index contributed by atoms with van der Waals surface area (Å²) in [5.74, 6) is 2.15. The number of hydrogen-bond donors (Lipinski definition) is 2. The van der Waals surface area contributed by atoms with Gasteiger partial charge in [0.15, 0.2) is 5.96 Å². The smallest absolute Gasteiger partial charge is 0.191 e. The number of thioether (sulfide) groups is 1. The number of nitrogens with zero attached hydrogens (tertiary/aromatic N) is 1. The Morgan fingerprint density at radius 1 is 1.30 bits per heavy atom. The van der Waals surface area contributed by atoms with Gasteiger partial charge in [-0.15, -0.1) is 0 Å². The molecule has 1 atom stereocenters. The molecule has 0 aliphatic carbocycles. The summed E-state index contributed by atoms with van der Waals surface area (Å²) in [4.78, 5) is 4.69. The third-order valence-electron chi connectivity index (χ3n) is 3.19. The van der Waals surface area contributed by atoms with Crippen LogP contribution >= 0.6 is 11.8 Å². The standard InChI is InChI=1S/C14H29N3O2S/c1-4-15-13(16-7-8-19-10-9-18-3)17-12-14(2)6-5-11-20-14/h4-12H2,1-3H3,(H2,15,16,17). The Labute approximate surface area is 127 Å². The van der Waals surface area contributed by atoms with Gasteiger partial charge in [-0.3, -0.25) is 4.99 Å². The largest absolute Gasteiger partial charge is 0.382 e. The van der Waals surface area contributed by atoms with Gasteiger partial charge in [-0.05, 0) is 32.4 Å². The van der Waals surface area contributed by atoms with E-state index in [4.69, 9.17) is 14.5 Å². The van der Waals surface area contributed by atoms with Gasteiger partial charge in [-0.1, -0.05) is 0 Å². The van der Waals surface area contributed by atoms with Crippen molar-refractivity contribution in [3.05, 3.63) is 0 Å². The zero-order chi connectivity index (χ0) is 14.7. The van der Waals surface area contributed by atoms with Crippen molar-refractivity contribution in [3.8, 4) is 0 Å². The summed E-state index contributed by atoms with van der Waals surface area (Å²) in [5.41, 5.74) is 0. The lowest BCUT2D eigenvalue weighted by atomic mass is 10.1. The maximum atomic E-state index is 5.43. The summed E-state index contributed by atoms with van der Waals surface area (Å²) in [7, 11) is 1.68. The van der Waals surface area contributed by atoms with E-state index in [2.05, 4.69) is 24.5 Å². The first kappa shape index (κ1) is 17.6. The minimum absolute atomic E-state index is 0.317. The third-order valence-corrected chi connectivity index (χ3v) is 4.71. The van der Waals surface area contributed by atoms with Gasteiger partial charge in [-0.25, -0.2) is 0 Å². The van der Waals surface area contributed by atoms with Crippen LogP contribution in [0.1, 0.15) is 26.7 Å². The van der Waals surface area contributed by atoms with E-state index in [1.165, 1.54) is 18.6 Å². The summed E-state index contributed by atoms with van der Waals surface area (Å²) < 4.78 is 10.7. The first-order valence-corrected chi connectivity index (χ1v) is 8.41. The molecule has 1 saturated heterocycles. The summed E-state index contributed by atoms with van der Waals surface area (Å²) in [6.45, 7) is 8.85. The predicted octanol–water partition coefficient (Wildman–Crippen LogP) is 1.49. The minimum Gasteiger partial charge on any atom is -0.382 e. The van der Waals surface area contributed by atoms with Crippen molar-refractivity contribution in [3.63, 3.8) is 0 Å². The van der Waals surface area contributed by atoms with Gasteiger partial charge >= 0.3 is 0 Å². The maximum absolute atomic E-state index is 5.43. The Morgan fingerprint density at radius 2 is 2.15 bits per heavy atom. The molecule has 20 heavy (non-hydrogen) atoms. The fourth-order valence-electron chi connectivity index (χ4n) is 2.04. The molecule has 0 bridgehead atoms. The molecular weight excluding hydrogens is 274 g/mol. The van der Waals surface area contributed by atoms with Crippen LogP contribution in [0.2, 0.25) is 0 Å². The molecule has 1 fully saturated rings. The van der Waals surface area contributed by atoms with E-state index in [1.54, 1.807) is 7.11 Å². The lowest BCUT2D eigenvalue weighted by Gasteiger charge is -2.21. The minimum atomic E-state index is 0.317. The van der Waals surface area contributed by atoms with Crippen LogP contribution in [0.15, 0.2) is 4.99 Å². The van der Waals surface area contributed by atoms with Crippen molar-refractivity contribution in [1.82, 2.24) is 10.6 Å². The average Bonchev–Trinajstić information content (AvgIpc) is 2.87. The van der Waals surface area contributed by atoms with Gasteiger partial charge in [0.1, 0.15) is 0 Å². The molecule has 0 amide bonds. The second-order valence-electron chi connectivity index (χ2n) is 5.13. The lowest BCUT2D eigenvalue weighted by molar-refractivity contribution is 0.0733. The number of guanidine groups is 1. The number of rotatable bonds is 9. The first-order valence-electron chi connectivity index (χ1n) is 7.43. The SMILES string of the molecule is CCNC(=NCC1(C)CCCS1)NCCOCCOC. The molecule has 1 aliphatic rings. The lowest BCUT2D eigenvalue weighted by Crippen LogP contribution is -2.40. The molecule has 0 aromatic carbocycles. The van der Waals surface area contributed by atoms with Crippen molar-refractivity contribution in [2.45, 2.75) is 31.4 Å². The van der Waals surface area contributed by atoms with E-state index in [0.717, 1.165) is 25.6 Å². The van der Waals surface area contributed by atoms with E-state index < -0.39 is 0 Å². The Morgan fingerprint density at radius 3 is 2.80 bits per heavy atom. The van der Waals surface area contributed by atoms with Crippen LogP contribution < -0.4 is 10.6 Å². The Hall–Kier alpha value is -0.460. The highest BCUT2D eigenvalue weighted by Gasteiger charge is 2.29. The molecule has 6 heteroatoms. The number of nitrogens with one attached hydrogen (secondary N) is 2. The first-order chi connectivity index (χ1) is 9.70. The second kappa shape index (κ2) is 10.3. The highest BCUT2D eigenvalue weighted by Crippen LogP contribution is 2.37. The summed E-state index contributed by atoms with van der Waals surface area (Å²) in [5, 5.41) is 6.58. The van der Waals surface area contributed by atoms with Crippen molar-refractivity contribution in [2.75, 3.05) is 52.3 Å². The highest BCUT2D eigenvalue weighted by molar-refractivity contribution is 8.00. The monoisotopic (exact) mass is 303 g/mol. The molecule has 0 aromatic heterocycles. The zero-order valence-corrected chi connectivity index (χ0v) is 13.9. The predicted molar refractivity (Wildman–Crippen MR) is 86.8 cm³/mol. The topological polar surface area (TPSA) is 54.9 Å². The zero-order valence-electron chi connectivity index (χ0n) is 13.0. The van der Waals surface area contributed by atoms with Crippen LogP contribution in [-0.4, -0.2) is 63.0 Å². The van der Waals surface area contributed by atoms with Gasteiger partial charge in [0, 0.05) is 24.9 Å². The second-order valence-corrected chi connectivity index (χ2v) is 6.81. The Bertz CT molecular complexity index is 282. The number of methoxy groups -OCH3 is 1. The molecular formula is C14H29N3O2S. The van der Waals surface area contributed by atoms with Gasteiger partial charge in [0.2, 0.25) is 0 Å². The van der Waals surface area contributed by atoms with E-state index >= 15 is 0 Å². The van der Waals surface area contributed by atoms with E-state index in [9.17, 15) is 0 Å². The van der Waals surface area contributed by atoms with Gasteiger partial charge in [0.05, 0.1) is 26.4 Å². The Balaban J connectivity index is 2.24. The molecule has 118 valence electrons. The van der Waals surface area contributed by atoms with Crippen LogP contribution in [0.25, 0.3) is 0 Å². The molecule has 1 unspecified atom stereocenters. The van der Waals surface area contributed by atoms with Gasteiger partial charge < -0.3 is 20.1 Å². The Kier molecular flexibility index (Phi) is 9.05. The number of ether oxygens (including phenoxy) is 2. The fraction of sp³-hybridized carbons (Fsp3) is 0.929. The maximum Gasteiger partial charge on any atom is 0.191 e. The summed E-state index contributed by atoms with van der Waals surface area (Å²) in [6, 6.07) is 0. The van der Waals surface area contributed by atoms with Crippen molar-refractivity contribution < 1.29 is 9.47 Å². The number of hydrogen-bond acceptors (Lipinski definition) is 4. The molecule has 1 aliphatic heterocycles. The molecule has 1 heterocycles. The molecule has 2 N–H and O–H groups in total. The molecule has 0 spiro atoms. The fourth-order valence-corrected chi connectivity index (χ4v) is 3.26. The summed E-state index contributed by atoms with van der Waals surface area (Å²) in [6.07, 6.45) is 2.58. The van der Waals surface area contributed by atoms with Crippen LogP contribution in [0.5, 0.6) is 0 Å². The normalized spacial score (nSPS) is 23.1. The third kappa shape index (κ3) is 7.36. The van der Waals surface area contributed by atoms with E-state index in [0.29, 0.717) is 24.6 Å². The molecule has 1 rings (SSSR count). The van der Waals surface area contributed by atoms with Crippen molar-refractivity contribution >= 4 is 17.7 Å². The quantitative estimate of drug-likeness (QED) is 0.384. The van der Waals surface area contributed by atoms with Crippen LogP contribution in [0, 0.1) is 0 Å². The van der Waals surface area contributed by atoms with Crippen molar-refractivity contribution in [2.24, 2.45) is 4.99 Å². The van der Waals surface area contributed by atoms with Crippen LogP contribution in [0.3, 0.4) is 0 Å². The average molecular weight is 303 g/mol. The van der Waals surface area contributed by atoms with Gasteiger partial charge in [-0.2, -0.15) is 11.8 Å². The molecule has 0 saturated carbocycles. The van der Waals surface area contributed by atoms with Crippen LogP contribution in [0.4, 0.5) is 0 Å². The highest BCUT2D eigenvalue weighted by atomic mass is 32.2. The van der Waals surface area contributed by atoms with Gasteiger partial charge in [0.25, 0.3) is 0 Å². The van der Waals surface area contributed by atoms with E-state index in [1.807, 2.05) is 11.8 Å². The number of aliphatic imine (C=N–C) groups is 1. The summed E-state index contributed by atoms with van der Waals surface area (Å²) >= 11 is 2.04. The molecule has 0 aromatic rings. The van der Waals surface area contributed by atoms with E-state index in [-0.39, 0.29) is 0 Å². The van der Waals surface area contributed by atoms with Crippen LogP contribution in [-0.2, 0) is 9.47 Å². The van der Waals surface area contributed by atoms with Crippen molar-refractivity contribution in [1.29, 1.82) is 0 Å².